The number of benzene rings is 1. The lowest BCUT2D eigenvalue weighted by Gasteiger charge is -2.21. The van der Waals surface area contributed by atoms with Crippen LogP contribution in [0.3, 0.4) is 0 Å². The molecule has 22 heavy (non-hydrogen) atoms. The van der Waals surface area contributed by atoms with Gasteiger partial charge in [-0.3, -0.25) is 0 Å². The average molecular weight is 360 g/mol. The molecule has 0 aliphatic heterocycles. The maximum absolute atomic E-state index is 4.74. The summed E-state index contributed by atoms with van der Waals surface area (Å²) in [5.41, 5.74) is 2.60. The number of nitrogens with one attached hydrogen (secondary N) is 2. The van der Waals surface area contributed by atoms with Crippen molar-refractivity contribution in [2.24, 2.45) is 0 Å². The summed E-state index contributed by atoms with van der Waals surface area (Å²) < 4.78 is 0. The van der Waals surface area contributed by atoms with Crippen LogP contribution in [0, 0.1) is 0 Å². The molecule has 1 heterocycles. The minimum atomic E-state index is 0. The quantitative estimate of drug-likeness (QED) is 0.844. The van der Waals surface area contributed by atoms with Gasteiger partial charge in [0, 0.05) is 17.5 Å². The molecule has 0 saturated heterocycles. The molecule has 1 atom stereocenters. The van der Waals surface area contributed by atoms with E-state index < -0.39 is 0 Å². The molecule has 1 aromatic carbocycles. The van der Waals surface area contributed by atoms with E-state index in [1.54, 1.807) is 0 Å². The third kappa shape index (κ3) is 4.85. The summed E-state index contributed by atoms with van der Waals surface area (Å²) in [7, 11) is 0. The molecule has 1 aliphatic carbocycles. The molecule has 6 heteroatoms. The summed E-state index contributed by atoms with van der Waals surface area (Å²) >= 11 is 1.82. The number of thiazole rings is 1. The topological polar surface area (TPSA) is 37.0 Å². The minimum Gasteiger partial charge on any atom is -0.357 e. The standard InChI is InChI=1S/C16H21N3S.2ClH/c1-2-17-13-8-9-14-15(10-13)20-16(19-14)18-11-12-6-4-3-5-7-12;;/h3-7,13,17H,2,8-11H2,1H3,(H,18,19);2*1H. The van der Waals surface area contributed by atoms with Crippen LogP contribution >= 0.6 is 36.2 Å². The number of aromatic nitrogens is 1. The first-order chi connectivity index (χ1) is 9.85. The Balaban J connectivity index is 0.00000121. The van der Waals surface area contributed by atoms with Crippen LogP contribution in [-0.4, -0.2) is 17.6 Å². The summed E-state index contributed by atoms with van der Waals surface area (Å²) in [4.78, 5) is 6.20. The molecule has 1 unspecified atom stereocenters. The minimum absolute atomic E-state index is 0. The highest BCUT2D eigenvalue weighted by Crippen LogP contribution is 2.30. The van der Waals surface area contributed by atoms with Gasteiger partial charge in [-0.25, -0.2) is 4.98 Å². The summed E-state index contributed by atoms with van der Waals surface area (Å²) in [5, 5.41) is 8.07. The van der Waals surface area contributed by atoms with E-state index in [0.717, 1.165) is 31.1 Å². The number of aryl methyl sites for hydroxylation is 1. The zero-order valence-electron chi connectivity index (χ0n) is 12.7. The highest BCUT2D eigenvalue weighted by atomic mass is 35.5. The Morgan fingerprint density at radius 1 is 1.23 bits per heavy atom. The maximum atomic E-state index is 4.74. The number of hydrogen-bond donors (Lipinski definition) is 2. The van der Waals surface area contributed by atoms with E-state index in [-0.39, 0.29) is 24.8 Å². The first-order valence-electron chi connectivity index (χ1n) is 7.35. The summed E-state index contributed by atoms with van der Waals surface area (Å²) in [6.45, 7) is 4.08. The molecule has 3 rings (SSSR count). The van der Waals surface area contributed by atoms with E-state index in [2.05, 4.69) is 41.8 Å². The lowest BCUT2D eigenvalue weighted by atomic mass is 9.98. The van der Waals surface area contributed by atoms with E-state index in [9.17, 15) is 0 Å². The second-order valence-corrected chi connectivity index (χ2v) is 6.31. The Kier molecular flexibility index (Phi) is 8.18. The Labute approximate surface area is 148 Å². The van der Waals surface area contributed by atoms with Crippen molar-refractivity contribution in [3.63, 3.8) is 0 Å². The summed E-state index contributed by atoms with van der Waals surface area (Å²) in [6, 6.07) is 11.1. The van der Waals surface area contributed by atoms with Crippen LogP contribution in [0.5, 0.6) is 0 Å². The fourth-order valence-electron chi connectivity index (χ4n) is 2.69. The van der Waals surface area contributed by atoms with Gasteiger partial charge in [0.1, 0.15) is 0 Å². The Hall–Kier alpha value is -0.810. The normalized spacial score (nSPS) is 16.1. The summed E-state index contributed by atoms with van der Waals surface area (Å²) in [6.07, 6.45) is 3.45. The van der Waals surface area contributed by atoms with Gasteiger partial charge in [-0.15, -0.1) is 36.2 Å². The van der Waals surface area contributed by atoms with Crippen LogP contribution in [0.15, 0.2) is 30.3 Å². The molecule has 2 N–H and O–H groups in total. The Morgan fingerprint density at radius 3 is 2.73 bits per heavy atom. The zero-order valence-corrected chi connectivity index (χ0v) is 15.1. The van der Waals surface area contributed by atoms with Crippen molar-refractivity contribution in [2.75, 3.05) is 11.9 Å². The van der Waals surface area contributed by atoms with Gasteiger partial charge in [-0.2, -0.15) is 0 Å². The predicted octanol–water partition coefficient (Wildman–Crippen LogP) is 4.07. The van der Waals surface area contributed by atoms with Crippen LogP contribution in [0.1, 0.15) is 29.5 Å². The summed E-state index contributed by atoms with van der Waals surface area (Å²) in [5.74, 6) is 0. The Morgan fingerprint density at radius 2 is 2.00 bits per heavy atom. The van der Waals surface area contributed by atoms with Crippen LogP contribution in [-0.2, 0) is 19.4 Å². The highest BCUT2D eigenvalue weighted by Gasteiger charge is 2.21. The van der Waals surface area contributed by atoms with Gasteiger partial charge in [0.2, 0.25) is 0 Å². The predicted molar refractivity (Wildman–Crippen MR) is 99.9 cm³/mol. The maximum Gasteiger partial charge on any atom is 0.183 e. The number of fused-ring (bicyclic) bond motifs is 1. The molecule has 1 aliphatic rings. The molecule has 0 spiro atoms. The van der Waals surface area contributed by atoms with Gasteiger partial charge < -0.3 is 10.6 Å². The molecule has 0 saturated carbocycles. The monoisotopic (exact) mass is 359 g/mol. The number of nitrogens with zero attached hydrogens (tertiary/aromatic N) is 1. The number of anilines is 1. The second-order valence-electron chi connectivity index (χ2n) is 5.23. The molecule has 122 valence electrons. The van der Waals surface area contributed by atoms with Crippen molar-refractivity contribution in [3.05, 3.63) is 46.5 Å². The SMILES string of the molecule is CCNC1CCc2nc(NCc3ccccc3)sc2C1.Cl.Cl. The average Bonchev–Trinajstić information content (AvgIpc) is 2.89. The fourth-order valence-corrected chi connectivity index (χ4v) is 3.77. The first-order valence-corrected chi connectivity index (χ1v) is 8.16. The number of rotatable bonds is 5. The Bertz CT molecular complexity index is 560. The molecule has 1 aromatic heterocycles. The van der Waals surface area contributed by atoms with Crippen molar-refractivity contribution in [1.82, 2.24) is 10.3 Å². The van der Waals surface area contributed by atoms with E-state index >= 15 is 0 Å². The van der Waals surface area contributed by atoms with Gasteiger partial charge >= 0.3 is 0 Å². The number of likely N-dealkylation sites (N-methyl/N-ethyl adjacent to an activating group) is 1. The second kappa shape index (κ2) is 9.36. The number of hydrogen-bond acceptors (Lipinski definition) is 4. The van der Waals surface area contributed by atoms with Crippen molar-refractivity contribution >= 4 is 41.3 Å². The van der Waals surface area contributed by atoms with Crippen molar-refractivity contribution in [3.8, 4) is 0 Å². The molecular formula is C16H23Cl2N3S. The van der Waals surface area contributed by atoms with Gasteiger partial charge in [0.05, 0.1) is 5.69 Å². The lowest BCUT2D eigenvalue weighted by molar-refractivity contribution is 0.471. The first kappa shape index (κ1) is 19.2. The fraction of sp³-hybridized carbons (Fsp3) is 0.438. The number of halogens is 2. The van der Waals surface area contributed by atoms with Crippen molar-refractivity contribution < 1.29 is 0 Å². The molecule has 0 fully saturated rings. The van der Waals surface area contributed by atoms with E-state index in [4.69, 9.17) is 4.98 Å². The van der Waals surface area contributed by atoms with Gasteiger partial charge in [-0.05, 0) is 31.4 Å². The zero-order chi connectivity index (χ0) is 13.8. The van der Waals surface area contributed by atoms with Crippen LogP contribution in [0.2, 0.25) is 0 Å². The molecule has 2 aromatic rings. The van der Waals surface area contributed by atoms with E-state index in [1.165, 1.54) is 22.6 Å². The van der Waals surface area contributed by atoms with Gasteiger partial charge in [0.25, 0.3) is 0 Å². The van der Waals surface area contributed by atoms with Gasteiger partial charge in [-0.1, -0.05) is 37.3 Å². The molecule has 3 nitrogen and oxygen atoms in total. The third-order valence-corrected chi connectivity index (χ3v) is 4.80. The van der Waals surface area contributed by atoms with Crippen molar-refractivity contribution in [2.45, 2.75) is 38.8 Å². The molecule has 0 bridgehead atoms. The van der Waals surface area contributed by atoms with Crippen LogP contribution in [0.4, 0.5) is 5.13 Å². The van der Waals surface area contributed by atoms with E-state index in [0.29, 0.717) is 6.04 Å². The van der Waals surface area contributed by atoms with Gasteiger partial charge in [0.15, 0.2) is 5.13 Å². The van der Waals surface area contributed by atoms with E-state index in [1.807, 2.05) is 17.4 Å². The van der Waals surface area contributed by atoms with Crippen molar-refractivity contribution in [1.29, 1.82) is 0 Å². The highest BCUT2D eigenvalue weighted by molar-refractivity contribution is 7.15. The van der Waals surface area contributed by atoms with Crippen LogP contribution in [0.25, 0.3) is 0 Å². The van der Waals surface area contributed by atoms with Crippen LogP contribution < -0.4 is 10.6 Å². The molecule has 0 radical (unpaired) electrons. The lowest BCUT2D eigenvalue weighted by Crippen LogP contribution is -2.33. The smallest absolute Gasteiger partial charge is 0.183 e. The largest absolute Gasteiger partial charge is 0.357 e. The molecule has 0 amide bonds. The third-order valence-electron chi connectivity index (χ3n) is 3.72. The molecular weight excluding hydrogens is 337 g/mol.